The van der Waals surface area contributed by atoms with E-state index in [0.29, 0.717) is 6.61 Å². The van der Waals surface area contributed by atoms with Crippen molar-refractivity contribution in [1.82, 2.24) is 0 Å². The largest absolute Gasteiger partial charge is 0.394 e. The van der Waals surface area contributed by atoms with E-state index in [1.54, 1.807) is 0 Å². The lowest BCUT2D eigenvalue weighted by molar-refractivity contribution is 0.0243. The van der Waals surface area contributed by atoms with Crippen LogP contribution in [0.15, 0.2) is 0 Å². The Balaban J connectivity index is 3.62. The quantitative estimate of drug-likeness (QED) is 0.461. The summed E-state index contributed by atoms with van der Waals surface area (Å²) in [5.41, 5.74) is 0. The molecule has 0 saturated carbocycles. The maximum absolute atomic E-state index is 10.5. The maximum atomic E-state index is 10.5. The molecule has 0 heterocycles. The first kappa shape index (κ1) is 14.8. The van der Waals surface area contributed by atoms with Crippen molar-refractivity contribution in [3.8, 4) is 0 Å². The summed E-state index contributed by atoms with van der Waals surface area (Å²) in [5, 5.41) is 8.79. The second-order valence-electron chi connectivity index (χ2n) is 3.48. The van der Waals surface area contributed by atoms with Crippen LogP contribution in [0.4, 0.5) is 0 Å². The molecule has 0 rings (SSSR count). The predicted octanol–water partition coefficient (Wildman–Crippen LogP) is 0.832. The van der Waals surface area contributed by atoms with Crippen molar-refractivity contribution in [2.24, 2.45) is 0 Å². The molecule has 0 aliphatic carbocycles. The molecule has 15 heavy (non-hydrogen) atoms. The standard InChI is InChI=1S/C9H20O5S/c1-2-3-4-5-6-14-9(7-10)8-15(11,12)13/h9-10H,2-8H2,1H3,(H,11,12,13). The minimum Gasteiger partial charge on any atom is -0.394 e. The summed E-state index contributed by atoms with van der Waals surface area (Å²) in [5.74, 6) is -0.544. The highest BCUT2D eigenvalue weighted by molar-refractivity contribution is 7.85. The van der Waals surface area contributed by atoms with E-state index in [1.165, 1.54) is 0 Å². The van der Waals surface area contributed by atoms with Gasteiger partial charge >= 0.3 is 0 Å². The van der Waals surface area contributed by atoms with Gasteiger partial charge in [-0.05, 0) is 6.42 Å². The van der Waals surface area contributed by atoms with Crippen molar-refractivity contribution in [3.63, 3.8) is 0 Å². The fourth-order valence-electron chi connectivity index (χ4n) is 1.17. The third-order valence-corrected chi connectivity index (χ3v) is 2.74. The van der Waals surface area contributed by atoms with Crippen molar-refractivity contribution in [1.29, 1.82) is 0 Å². The summed E-state index contributed by atoms with van der Waals surface area (Å²) < 4.78 is 34.7. The predicted molar refractivity (Wildman–Crippen MR) is 57.4 cm³/mol. The summed E-state index contributed by atoms with van der Waals surface area (Å²) in [6.07, 6.45) is 3.29. The van der Waals surface area contributed by atoms with Gasteiger partial charge in [0.25, 0.3) is 10.1 Å². The lowest BCUT2D eigenvalue weighted by atomic mass is 10.2. The summed E-state index contributed by atoms with van der Waals surface area (Å²) >= 11 is 0. The third kappa shape index (κ3) is 10.1. The molecule has 2 N–H and O–H groups in total. The molecule has 0 aliphatic rings. The van der Waals surface area contributed by atoms with Crippen LogP contribution < -0.4 is 0 Å². The lowest BCUT2D eigenvalue weighted by Crippen LogP contribution is -2.27. The van der Waals surface area contributed by atoms with Crippen LogP contribution in [0.25, 0.3) is 0 Å². The fraction of sp³-hybridized carbons (Fsp3) is 1.00. The number of hydrogen-bond donors (Lipinski definition) is 2. The van der Waals surface area contributed by atoms with Crippen LogP contribution in [-0.4, -0.2) is 43.1 Å². The van der Waals surface area contributed by atoms with Crippen LogP contribution in [0.2, 0.25) is 0 Å². The van der Waals surface area contributed by atoms with Crippen LogP contribution >= 0.6 is 0 Å². The zero-order valence-electron chi connectivity index (χ0n) is 9.05. The van der Waals surface area contributed by atoms with Gasteiger partial charge in [-0.2, -0.15) is 8.42 Å². The van der Waals surface area contributed by atoms with Crippen molar-refractivity contribution >= 4 is 10.1 Å². The van der Waals surface area contributed by atoms with Crippen LogP contribution in [-0.2, 0) is 14.9 Å². The minimum absolute atomic E-state index is 0.395. The molecule has 0 bridgehead atoms. The summed E-state index contributed by atoms with van der Waals surface area (Å²) in [7, 11) is -4.07. The second kappa shape index (κ2) is 8.04. The van der Waals surface area contributed by atoms with Gasteiger partial charge in [0.2, 0.25) is 0 Å². The van der Waals surface area contributed by atoms with E-state index in [9.17, 15) is 8.42 Å². The molecule has 0 aromatic heterocycles. The maximum Gasteiger partial charge on any atom is 0.267 e. The van der Waals surface area contributed by atoms with Gasteiger partial charge in [-0.3, -0.25) is 4.55 Å². The van der Waals surface area contributed by atoms with E-state index in [2.05, 4.69) is 6.92 Å². The van der Waals surface area contributed by atoms with Gasteiger partial charge in [0.15, 0.2) is 0 Å². The van der Waals surface area contributed by atoms with Crippen LogP contribution in [0.5, 0.6) is 0 Å². The smallest absolute Gasteiger partial charge is 0.267 e. The topological polar surface area (TPSA) is 83.8 Å². The van der Waals surface area contributed by atoms with Gasteiger partial charge in [0, 0.05) is 6.61 Å². The normalized spacial score (nSPS) is 14.1. The summed E-state index contributed by atoms with van der Waals surface area (Å²) in [6, 6.07) is 0. The van der Waals surface area contributed by atoms with Gasteiger partial charge < -0.3 is 9.84 Å². The van der Waals surface area contributed by atoms with Crippen molar-refractivity contribution in [2.75, 3.05) is 19.0 Å². The SMILES string of the molecule is CCCCCCOC(CO)CS(=O)(=O)O. The second-order valence-corrected chi connectivity index (χ2v) is 4.98. The monoisotopic (exact) mass is 240 g/mol. The third-order valence-electron chi connectivity index (χ3n) is 1.95. The average molecular weight is 240 g/mol. The number of unbranched alkanes of at least 4 members (excludes halogenated alkanes) is 3. The highest BCUT2D eigenvalue weighted by Crippen LogP contribution is 2.02. The van der Waals surface area contributed by atoms with E-state index >= 15 is 0 Å². The van der Waals surface area contributed by atoms with E-state index < -0.39 is 28.6 Å². The first-order valence-corrected chi connectivity index (χ1v) is 6.78. The molecule has 0 aromatic carbocycles. The molecule has 5 nitrogen and oxygen atoms in total. The number of hydrogen-bond acceptors (Lipinski definition) is 4. The molecular formula is C9H20O5S. The Morgan fingerprint density at radius 3 is 2.40 bits per heavy atom. The fourth-order valence-corrected chi connectivity index (χ4v) is 1.84. The van der Waals surface area contributed by atoms with E-state index in [0.717, 1.165) is 25.7 Å². The van der Waals surface area contributed by atoms with Crippen molar-refractivity contribution < 1.29 is 22.8 Å². The lowest BCUT2D eigenvalue weighted by Gasteiger charge is -2.13. The summed E-state index contributed by atoms with van der Waals surface area (Å²) in [6.45, 7) is 2.12. The van der Waals surface area contributed by atoms with Crippen LogP contribution in [0, 0.1) is 0 Å². The molecule has 0 amide bonds. The van der Waals surface area contributed by atoms with Gasteiger partial charge in [-0.1, -0.05) is 26.2 Å². The zero-order valence-corrected chi connectivity index (χ0v) is 9.87. The van der Waals surface area contributed by atoms with Gasteiger partial charge in [-0.15, -0.1) is 0 Å². The molecule has 1 atom stereocenters. The molecule has 0 fully saturated rings. The van der Waals surface area contributed by atoms with E-state index in [1.807, 2.05) is 0 Å². The Morgan fingerprint density at radius 2 is 1.93 bits per heavy atom. The molecular weight excluding hydrogens is 220 g/mol. The van der Waals surface area contributed by atoms with Gasteiger partial charge in [0.1, 0.15) is 5.75 Å². The van der Waals surface area contributed by atoms with Gasteiger partial charge in [0.05, 0.1) is 12.7 Å². The van der Waals surface area contributed by atoms with Crippen LogP contribution in [0.3, 0.4) is 0 Å². The number of aliphatic hydroxyl groups excluding tert-OH is 1. The van der Waals surface area contributed by atoms with E-state index in [4.69, 9.17) is 14.4 Å². The number of rotatable bonds is 9. The number of aliphatic hydroxyl groups is 1. The molecule has 0 saturated heterocycles. The number of ether oxygens (including phenoxy) is 1. The average Bonchev–Trinajstić information content (AvgIpc) is 2.14. The van der Waals surface area contributed by atoms with E-state index in [-0.39, 0.29) is 0 Å². The first-order valence-electron chi connectivity index (χ1n) is 5.17. The Labute approximate surface area is 91.2 Å². The van der Waals surface area contributed by atoms with Crippen molar-refractivity contribution in [3.05, 3.63) is 0 Å². The Morgan fingerprint density at radius 1 is 1.27 bits per heavy atom. The molecule has 1 unspecified atom stereocenters. The molecule has 0 aromatic rings. The molecule has 92 valence electrons. The minimum atomic E-state index is -4.07. The Hall–Kier alpha value is -0.170. The molecule has 0 aliphatic heterocycles. The molecule has 6 heteroatoms. The Kier molecular flexibility index (Phi) is 7.95. The summed E-state index contributed by atoms with van der Waals surface area (Å²) in [4.78, 5) is 0. The molecule has 0 spiro atoms. The zero-order chi connectivity index (χ0) is 11.7. The van der Waals surface area contributed by atoms with Crippen molar-refractivity contribution in [2.45, 2.75) is 38.7 Å². The highest BCUT2D eigenvalue weighted by Gasteiger charge is 2.16. The van der Waals surface area contributed by atoms with Gasteiger partial charge in [-0.25, -0.2) is 0 Å². The molecule has 0 radical (unpaired) electrons. The highest BCUT2D eigenvalue weighted by atomic mass is 32.2. The van der Waals surface area contributed by atoms with Crippen LogP contribution in [0.1, 0.15) is 32.6 Å². The first-order chi connectivity index (χ1) is 6.99. The Bertz CT molecular complexity index is 237.